The summed E-state index contributed by atoms with van der Waals surface area (Å²) in [6.07, 6.45) is -1.07. The van der Waals surface area contributed by atoms with Gasteiger partial charge in [-0.05, 0) is 29.8 Å². The molecule has 6 heteroatoms. The quantitative estimate of drug-likeness (QED) is 0.844. The van der Waals surface area contributed by atoms with Crippen molar-refractivity contribution in [3.8, 4) is 17.2 Å². The molecule has 2 N–H and O–H groups in total. The number of methoxy groups -OCH3 is 1. The molecule has 0 saturated heterocycles. The van der Waals surface area contributed by atoms with Crippen molar-refractivity contribution in [1.29, 1.82) is 0 Å². The van der Waals surface area contributed by atoms with Crippen LogP contribution in [-0.4, -0.2) is 23.2 Å². The largest absolute Gasteiger partial charge is 0.508 e. The first-order valence-electron chi connectivity index (χ1n) is 8.56. The molecule has 138 valence electrons. The summed E-state index contributed by atoms with van der Waals surface area (Å²) in [6, 6.07) is 9.54. The molecule has 4 rings (SSSR count). The van der Waals surface area contributed by atoms with E-state index in [0.29, 0.717) is 16.9 Å². The summed E-state index contributed by atoms with van der Waals surface area (Å²) in [5.74, 6) is -2.93. The van der Waals surface area contributed by atoms with E-state index in [1.54, 1.807) is 18.2 Å². The van der Waals surface area contributed by atoms with Crippen LogP contribution in [0.3, 0.4) is 0 Å². The number of halogens is 2. The van der Waals surface area contributed by atoms with Crippen molar-refractivity contribution in [3.05, 3.63) is 53.1 Å². The number of hydrogen-bond acceptors (Lipinski definition) is 4. The molecule has 1 aliphatic carbocycles. The first-order chi connectivity index (χ1) is 12.4. The predicted octanol–water partition coefficient (Wildman–Crippen LogP) is 4.51. The van der Waals surface area contributed by atoms with Crippen molar-refractivity contribution < 1.29 is 28.5 Å². The molecule has 0 aromatic heterocycles. The molecule has 2 aromatic rings. The molecular formula is C20H20F2O4. The van der Waals surface area contributed by atoms with Crippen molar-refractivity contribution in [2.45, 2.75) is 37.4 Å². The standard InChI is InChI=1S/C20H20F2O4/c1-25-10-12-6-14(24)7-15-16-8-20(21,22)9-17(16)18(26-19(12)15)11-2-4-13(23)5-3-11/h2-7,16-18,23-24H,8-10H2,1H3/t16-,17-,18?/m1/s1. The van der Waals surface area contributed by atoms with E-state index in [0.717, 1.165) is 5.56 Å². The second-order valence-electron chi connectivity index (χ2n) is 7.12. The monoisotopic (exact) mass is 362 g/mol. The summed E-state index contributed by atoms with van der Waals surface area (Å²) in [7, 11) is 1.53. The smallest absolute Gasteiger partial charge is 0.249 e. The summed E-state index contributed by atoms with van der Waals surface area (Å²) < 4.78 is 39.9. The summed E-state index contributed by atoms with van der Waals surface area (Å²) in [6.45, 7) is 0.215. The van der Waals surface area contributed by atoms with Gasteiger partial charge < -0.3 is 19.7 Å². The van der Waals surface area contributed by atoms with Gasteiger partial charge >= 0.3 is 0 Å². The Morgan fingerprint density at radius 3 is 2.54 bits per heavy atom. The first-order valence-corrected chi connectivity index (χ1v) is 8.56. The van der Waals surface area contributed by atoms with Gasteiger partial charge in [0.05, 0.1) is 6.61 Å². The summed E-state index contributed by atoms with van der Waals surface area (Å²) in [5, 5.41) is 19.6. The maximum absolute atomic E-state index is 14.3. The van der Waals surface area contributed by atoms with Crippen molar-refractivity contribution in [3.63, 3.8) is 0 Å². The molecule has 4 nitrogen and oxygen atoms in total. The van der Waals surface area contributed by atoms with E-state index in [1.807, 2.05) is 0 Å². The molecule has 1 heterocycles. The summed E-state index contributed by atoms with van der Waals surface area (Å²) in [4.78, 5) is 0. The van der Waals surface area contributed by atoms with E-state index in [2.05, 4.69) is 0 Å². The van der Waals surface area contributed by atoms with Gasteiger partial charge in [-0.15, -0.1) is 0 Å². The average Bonchev–Trinajstić information content (AvgIpc) is 2.91. The normalized spacial score (nSPS) is 26.0. The summed E-state index contributed by atoms with van der Waals surface area (Å²) in [5.41, 5.74) is 2.01. The van der Waals surface area contributed by atoms with Crippen molar-refractivity contribution in [1.82, 2.24) is 0 Å². The highest BCUT2D eigenvalue weighted by Crippen LogP contribution is 2.59. The van der Waals surface area contributed by atoms with Crippen LogP contribution >= 0.6 is 0 Å². The molecule has 0 radical (unpaired) electrons. The lowest BCUT2D eigenvalue weighted by Gasteiger charge is -2.37. The first kappa shape index (κ1) is 17.1. The lowest BCUT2D eigenvalue weighted by molar-refractivity contribution is -0.00246. The molecule has 3 atom stereocenters. The molecule has 0 bridgehead atoms. The lowest BCUT2D eigenvalue weighted by atomic mass is 9.79. The second-order valence-corrected chi connectivity index (χ2v) is 7.12. The van der Waals surface area contributed by atoms with E-state index in [9.17, 15) is 19.0 Å². The van der Waals surface area contributed by atoms with Crippen molar-refractivity contribution in [2.24, 2.45) is 5.92 Å². The molecule has 2 aromatic carbocycles. The molecule has 26 heavy (non-hydrogen) atoms. The van der Waals surface area contributed by atoms with Crippen LogP contribution in [0.2, 0.25) is 0 Å². The Kier molecular flexibility index (Phi) is 4.03. The molecule has 1 fully saturated rings. The molecule has 0 amide bonds. The van der Waals surface area contributed by atoms with E-state index in [1.165, 1.54) is 25.3 Å². The third-order valence-corrected chi connectivity index (χ3v) is 5.30. The van der Waals surface area contributed by atoms with Crippen LogP contribution in [0, 0.1) is 5.92 Å². The van der Waals surface area contributed by atoms with Crippen LogP contribution in [0.25, 0.3) is 0 Å². The number of alkyl halides is 2. The molecule has 1 saturated carbocycles. The Morgan fingerprint density at radius 2 is 1.85 bits per heavy atom. The fourth-order valence-corrected chi connectivity index (χ4v) is 4.27. The SMILES string of the molecule is COCc1cc(O)cc2c1OC(c1ccc(O)cc1)[C@@H]1CC(F)(F)C[C@H]21. The van der Waals surface area contributed by atoms with Gasteiger partial charge in [0.1, 0.15) is 23.4 Å². The molecule has 1 unspecified atom stereocenters. The van der Waals surface area contributed by atoms with Gasteiger partial charge in [-0.3, -0.25) is 0 Å². The Hall–Kier alpha value is -2.34. The van der Waals surface area contributed by atoms with Gasteiger partial charge in [0.2, 0.25) is 5.92 Å². The number of phenols is 2. The highest BCUT2D eigenvalue weighted by molar-refractivity contribution is 5.51. The van der Waals surface area contributed by atoms with Crippen molar-refractivity contribution >= 4 is 0 Å². The zero-order valence-electron chi connectivity index (χ0n) is 14.3. The second kappa shape index (κ2) is 6.13. The van der Waals surface area contributed by atoms with E-state index in [4.69, 9.17) is 9.47 Å². The zero-order chi connectivity index (χ0) is 18.5. The highest BCUT2D eigenvalue weighted by atomic mass is 19.3. The minimum absolute atomic E-state index is 0.0245. The maximum atomic E-state index is 14.3. The minimum atomic E-state index is -2.78. The maximum Gasteiger partial charge on any atom is 0.249 e. The summed E-state index contributed by atoms with van der Waals surface area (Å²) >= 11 is 0. The number of rotatable bonds is 3. The Labute approximate surface area is 150 Å². The van der Waals surface area contributed by atoms with Gasteiger partial charge in [0.15, 0.2) is 0 Å². The van der Waals surface area contributed by atoms with Gasteiger partial charge in [0.25, 0.3) is 0 Å². The van der Waals surface area contributed by atoms with Crippen molar-refractivity contribution in [2.75, 3.05) is 7.11 Å². The van der Waals surface area contributed by atoms with Gasteiger partial charge in [-0.1, -0.05) is 12.1 Å². The van der Waals surface area contributed by atoms with Gasteiger partial charge in [-0.25, -0.2) is 8.78 Å². The third kappa shape index (κ3) is 2.88. The Morgan fingerprint density at radius 1 is 1.12 bits per heavy atom. The number of hydrogen-bond donors (Lipinski definition) is 2. The Balaban J connectivity index is 1.83. The van der Waals surface area contributed by atoms with Crippen LogP contribution in [0.4, 0.5) is 8.78 Å². The number of benzene rings is 2. The fourth-order valence-electron chi connectivity index (χ4n) is 4.27. The third-order valence-electron chi connectivity index (χ3n) is 5.30. The molecule has 2 aliphatic rings. The van der Waals surface area contributed by atoms with Crippen LogP contribution in [-0.2, 0) is 11.3 Å². The lowest BCUT2D eigenvalue weighted by Crippen LogP contribution is -2.27. The zero-order valence-corrected chi connectivity index (χ0v) is 14.3. The van der Waals surface area contributed by atoms with Crippen LogP contribution < -0.4 is 4.74 Å². The van der Waals surface area contributed by atoms with Crippen LogP contribution in [0.5, 0.6) is 17.2 Å². The predicted molar refractivity (Wildman–Crippen MR) is 90.7 cm³/mol. The molecular weight excluding hydrogens is 342 g/mol. The molecule has 1 aliphatic heterocycles. The number of ether oxygens (including phenoxy) is 2. The average molecular weight is 362 g/mol. The van der Waals surface area contributed by atoms with E-state index in [-0.39, 0.29) is 30.9 Å². The van der Waals surface area contributed by atoms with Gasteiger partial charge in [0, 0.05) is 42.9 Å². The minimum Gasteiger partial charge on any atom is -0.508 e. The number of fused-ring (bicyclic) bond motifs is 3. The van der Waals surface area contributed by atoms with E-state index >= 15 is 0 Å². The molecule has 0 spiro atoms. The van der Waals surface area contributed by atoms with Crippen LogP contribution in [0.1, 0.15) is 41.6 Å². The van der Waals surface area contributed by atoms with Crippen LogP contribution in [0.15, 0.2) is 36.4 Å². The fraction of sp³-hybridized carbons (Fsp3) is 0.400. The Bertz CT molecular complexity index is 819. The van der Waals surface area contributed by atoms with Gasteiger partial charge in [-0.2, -0.15) is 0 Å². The number of phenolic OH excluding ortho intramolecular Hbond substituents is 2. The van der Waals surface area contributed by atoms with E-state index < -0.39 is 23.9 Å². The highest BCUT2D eigenvalue weighted by Gasteiger charge is 2.53. The number of aromatic hydroxyl groups is 2. The topological polar surface area (TPSA) is 58.9 Å².